The van der Waals surface area contributed by atoms with Crippen LogP contribution in [0.15, 0.2) is 0 Å². The van der Waals surface area contributed by atoms with Gasteiger partial charge in [0.15, 0.2) is 6.29 Å². The van der Waals surface area contributed by atoms with Gasteiger partial charge < -0.3 is 9.47 Å². The van der Waals surface area contributed by atoms with E-state index in [1.54, 1.807) is 6.92 Å². The van der Waals surface area contributed by atoms with Gasteiger partial charge in [0.25, 0.3) is 0 Å². The molecule has 0 aliphatic carbocycles. The molecular formula is C9H14F2N4O10. The van der Waals surface area contributed by atoms with Crippen molar-refractivity contribution < 1.29 is 37.9 Å². The minimum atomic E-state index is -4.23. The summed E-state index contributed by atoms with van der Waals surface area (Å²) in [5.74, 6) is -8.46. The van der Waals surface area contributed by atoms with Gasteiger partial charge in [0.05, 0.1) is 0 Å². The maximum Gasteiger partial charge on any atom is 0.637 e. The third-order valence-electron chi connectivity index (χ3n) is 2.82. The molecule has 0 spiro atoms. The lowest BCUT2D eigenvalue weighted by Crippen LogP contribution is -2.49. The van der Waals surface area contributed by atoms with E-state index in [4.69, 9.17) is 0 Å². The van der Waals surface area contributed by atoms with Crippen molar-refractivity contribution in [3.63, 3.8) is 0 Å². The van der Waals surface area contributed by atoms with Crippen LogP contribution in [0.25, 0.3) is 0 Å². The van der Waals surface area contributed by atoms with E-state index in [1.165, 1.54) is 0 Å². The zero-order valence-electron chi connectivity index (χ0n) is 12.7. The molecular weight excluding hydrogens is 362 g/mol. The second-order valence-electron chi connectivity index (χ2n) is 4.66. The van der Waals surface area contributed by atoms with E-state index in [-0.39, 0.29) is 12.8 Å². The fourth-order valence-electron chi connectivity index (χ4n) is 1.33. The molecule has 16 heteroatoms. The Labute approximate surface area is 137 Å². The van der Waals surface area contributed by atoms with E-state index < -0.39 is 51.0 Å². The summed E-state index contributed by atoms with van der Waals surface area (Å²) >= 11 is 0. The Morgan fingerprint density at radius 2 is 1.16 bits per heavy atom. The SMILES string of the molecule is CCCCC(OCC(F)([N+](=O)[O-])[N+](=O)[O-])OCC(F)([N+](=O)[O-])[N+](=O)[O-]. The highest BCUT2D eigenvalue weighted by Gasteiger charge is 2.60. The minimum Gasteiger partial charge on any atom is -0.334 e. The quantitative estimate of drug-likeness (QED) is 0.193. The fraction of sp³-hybridized carbons (Fsp3) is 1.00. The van der Waals surface area contributed by atoms with Crippen molar-refractivity contribution in [3.8, 4) is 0 Å². The van der Waals surface area contributed by atoms with Crippen LogP contribution in [0.3, 0.4) is 0 Å². The van der Waals surface area contributed by atoms with Crippen LogP contribution in [0.4, 0.5) is 8.78 Å². The molecule has 0 aliphatic rings. The maximum atomic E-state index is 13.6. The summed E-state index contributed by atoms with van der Waals surface area (Å²) in [7, 11) is 0. The summed E-state index contributed by atoms with van der Waals surface area (Å²) < 4.78 is 36.2. The molecule has 0 heterocycles. The predicted molar refractivity (Wildman–Crippen MR) is 70.9 cm³/mol. The summed E-state index contributed by atoms with van der Waals surface area (Å²) in [6.45, 7) is -1.85. The lowest BCUT2D eigenvalue weighted by atomic mass is 10.2. The lowest BCUT2D eigenvalue weighted by Gasteiger charge is -2.19. The smallest absolute Gasteiger partial charge is 0.334 e. The van der Waals surface area contributed by atoms with Gasteiger partial charge in [-0.25, -0.2) is 0 Å². The van der Waals surface area contributed by atoms with Crippen LogP contribution in [0.2, 0.25) is 0 Å². The van der Waals surface area contributed by atoms with Gasteiger partial charge in [-0.3, -0.25) is 40.5 Å². The van der Waals surface area contributed by atoms with Crippen molar-refractivity contribution >= 4 is 0 Å². The molecule has 0 unspecified atom stereocenters. The predicted octanol–water partition coefficient (Wildman–Crippen LogP) is 0.889. The van der Waals surface area contributed by atoms with Crippen molar-refractivity contribution in [2.45, 2.75) is 44.3 Å². The Bertz CT molecular complexity index is 463. The summed E-state index contributed by atoms with van der Waals surface area (Å²) in [6.07, 6.45) is -1.31. The molecule has 0 aromatic carbocycles. The second-order valence-corrected chi connectivity index (χ2v) is 4.66. The zero-order valence-corrected chi connectivity index (χ0v) is 12.7. The van der Waals surface area contributed by atoms with Crippen molar-refractivity contribution in [1.82, 2.24) is 0 Å². The van der Waals surface area contributed by atoms with Gasteiger partial charge in [-0.05, 0) is 12.8 Å². The van der Waals surface area contributed by atoms with Gasteiger partial charge >= 0.3 is 11.8 Å². The number of halogens is 2. The average Bonchev–Trinajstić information content (AvgIpc) is 2.52. The summed E-state index contributed by atoms with van der Waals surface area (Å²) in [5.41, 5.74) is 0. The van der Waals surface area contributed by atoms with Gasteiger partial charge in [-0.1, -0.05) is 22.1 Å². The molecule has 144 valence electrons. The lowest BCUT2D eigenvalue weighted by molar-refractivity contribution is -0.836. The van der Waals surface area contributed by atoms with Crippen molar-refractivity contribution in [2.24, 2.45) is 0 Å². The normalized spacial score (nSPS) is 12.2. The Morgan fingerprint density at radius 1 is 0.840 bits per heavy atom. The molecule has 0 rings (SSSR count). The van der Waals surface area contributed by atoms with Crippen LogP contribution in [-0.2, 0) is 9.47 Å². The molecule has 14 nitrogen and oxygen atoms in total. The van der Waals surface area contributed by atoms with Crippen molar-refractivity contribution in [2.75, 3.05) is 13.2 Å². The highest BCUT2D eigenvalue weighted by atomic mass is 19.2. The van der Waals surface area contributed by atoms with Crippen LogP contribution in [0.5, 0.6) is 0 Å². The van der Waals surface area contributed by atoms with E-state index in [0.717, 1.165) is 0 Å². The number of hydrogen-bond donors (Lipinski definition) is 0. The number of alkyl halides is 2. The van der Waals surface area contributed by atoms with E-state index in [1.807, 2.05) is 0 Å². The van der Waals surface area contributed by atoms with E-state index in [0.29, 0.717) is 6.42 Å². The van der Waals surface area contributed by atoms with E-state index in [9.17, 15) is 49.2 Å². The first-order chi connectivity index (χ1) is 11.4. The first kappa shape index (κ1) is 22.4. The maximum absolute atomic E-state index is 13.6. The number of nitrogens with zero attached hydrogens (tertiary/aromatic N) is 4. The molecule has 0 radical (unpaired) electrons. The van der Waals surface area contributed by atoms with E-state index >= 15 is 0 Å². The van der Waals surface area contributed by atoms with Crippen LogP contribution in [-0.4, -0.2) is 51.0 Å². The van der Waals surface area contributed by atoms with Gasteiger partial charge in [-0.2, -0.15) is 0 Å². The molecule has 0 saturated heterocycles. The third-order valence-corrected chi connectivity index (χ3v) is 2.82. The molecule has 0 aliphatic heterocycles. The Balaban J connectivity index is 5.08. The monoisotopic (exact) mass is 376 g/mol. The molecule has 0 fully saturated rings. The standard InChI is InChI=1S/C9H14F2N4O10/c1-2-3-4-7(24-5-8(10,12(16)17)13(18)19)25-6-9(11,14(20)21)15(22)23/h7H,2-6H2,1H3. The number of nitro groups is 4. The molecule has 0 aromatic rings. The van der Waals surface area contributed by atoms with Crippen LogP contribution < -0.4 is 0 Å². The first-order valence-corrected chi connectivity index (χ1v) is 6.60. The minimum absolute atomic E-state index is 0.229. The Kier molecular flexibility index (Phi) is 8.07. The number of rotatable bonds is 13. The van der Waals surface area contributed by atoms with Crippen LogP contribution in [0.1, 0.15) is 26.2 Å². The summed E-state index contributed by atoms with van der Waals surface area (Å²) in [4.78, 5) is 34.1. The van der Waals surface area contributed by atoms with Gasteiger partial charge in [-0.15, -0.1) is 0 Å². The highest BCUT2D eigenvalue weighted by molar-refractivity contribution is 4.56. The molecule has 0 amide bonds. The fourth-order valence-corrected chi connectivity index (χ4v) is 1.33. The van der Waals surface area contributed by atoms with Gasteiger partial charge in [0.2, 0.25) is 13.2 Å². The zero-order chi connectivity index (χ0) is 19.8. The van der Waals surface area contributed by atoms with Crippen molar-refractivity contribution in [1.29, 1.82) is 0 Å². The largest absolute Gasteiger partial charge is 0.637 e. The highest BCUT2D eigenvalue weighted by Crippen LogP contribution is 2.20. The summed E-state index contributed by atoms with van der Waals surface area (Å²) in [5, 5.41) is 41.7. The van der Waals surface area contributed by atoms with E-state index in [2.05, 4.69) is 9.47 Å². The van der Waals surface area contributed by atoms with Gasteiger partial charge in [0, 0.05) is 0 Å². The molecule has 0 saturated carbocycles. The third kappa shape index (κ3) is 5.75. The van der Waals surface area contributed by atoms with Crippen molar-refractivity contribution in [3.05, 3.63) is 40.5 Å². The number of hydrogen-bond acceptors (Lipinski definition) is 10. The van der Waals surface area contributed by atoms with Crippen LogP contribution >= 0.6 is 0 Å². The molecule has 0 atom stereocenters. The Morgan fingerprint density at radius 3 is 1.40 bits per heavy atom. The molecule has 0 bridgehead atoms. The number of unbranched alkanes of at least 4 members (excludes halogenated alkanes) is 1. The van der Waals surface area contributed by atoms with Gasteiger partial charge in [0.1, 0.15) is 19.7 Å². The summed E-state index contributed by atoms with van der Waals surface area (Å²) in [6, 6.07) is 0. The average molecular weight is 376 g/mol. The van der Waals surface area contributed by atoms with Crippen LogP contribution in [0, 0.1) is 40.5 Å². The molecule has 25 heavy (non-hydrogen) atoms. The first-order valence-electron chi connectivity index (χ1n) is 6.60. The molecule has 0 aromatic heterocycles. The Hall–Kier alpha value is -2.62. The molecule has 0 N–H and O–H groups in total. The topological polar surface area (TPSA) is 191 Å². The second kappa shape index (κ2) is 9.02. The number of ether oxygens (including phenoxy) is 2.